The smallest absolute Gasteiger partial charge is 0.305 e. The van der Waals surface area contributed by atoms with Crippen molar-refractivity contribution in [3.05, 3.63) is 65.5 Å². The van der Waals surface area contributed by atoms with Gasteiger partial charge in [0.25, 0.3) is 0 Å². The standard InChI is InChI=1S/C30H39N3O4/c1-6-8-10-25(21-13-15-23(16-14-21)28-32-29(37-33-28)30(3,4)5)31-24-19-17-22(18-20-24)26(34)11-9-12-27(35)36-7-2/h13-20,25,31H,6-12H2,1-5H3. The van der Waals surface area contributed by atoms with Gasteiger partial charge in [0.15, 0.2) is 5.78 Å². The Balaban J connectivity index is 1.65. The van der Waals surface area contributed by atoms with Crippen LogP contribution in [0.2, 0.25) is 0 Å². The van der Waals surface area contributed by atoms with Crippen LogP contribution in [0.1, 0.15) is 101 Å². The molecule has 1 atom stereocenters. The molecule has 0 saturated carbocycles. The van der Waals surface area contributed by atoms with Crippen LogP contribution in [0.5, 0.6) is 0 Å². The average molecular weight is 506 g/mol. The molecular formula is C30H39N3O4. The minimum absolute atomic E-state index is 0.0325. The quantitative estimate of drug-likeness (QED) is 0.192. The summed E-state index contributed by atoms with van der Waals surface area (Å²) < 4.78 is 10.4. The zero-order valence-corrected chi connectivity index (χ0v) is 22.7. The molecule has 0 fully saturated rings. The zero-order valence-electron chi connectivity index (χ0n) is 22.7. The Kier molecular flexibility index (Phi) is 10.0. The number of nitrogens with zero attached hydrogens (tertiary/aromatic N) is 2. The average Bonchev–Trinajstić information content (AvgIpc) is 3.38. The predicted octanol–water partition coefficient (Wildman–Crippen LogP) is 7.29. The first-order valence-corrected chi connectivity index (χ1v) is 13.2. The van der Waals surface area contributed by atoms with E-state index >= 15 is 0 Å². The van der Waals surface area contributed by atoms with E-state index in [9.17, 15) is 9.59 Å². The summed E-state index contributed by atoms with van der Waals surface area (Å²) in [4.78, 5) is 28.5. The van der Waals surface area contributed by atoms with Gasteiger partial charge in [0, 0.05) is 35.1 Å². The van der Waals surface area contributed by atoms with Crippen molar-refractivity contribution in [2.75, 3.05) is 11.9 Å². The number of hydrogen-bond acceptors (Lipinski definition) is 7. The Morgan fingerprint density at radius 3 is 2.27 bits per heavy atom. The third kappa shape index (κ3) is 8.27. The van der Waals surface area contributed by atoms with Crippen molar-refractivity contribution in [3.63, 3.8) is 0 Å². The highest BCUT2D eigenvalue weighted by Gasteiger charge is 2.22. The molecule has 0 saturated heterocycles. The Bertz CT molecular complexity index is 1140. The van der Waals surface area contributed by atoms with Crippen molar-refractivity contribution in [1.82, 2.24) is 10.1 Å². The van der Waals surface area contributed by atoms with Crippen molar-refractivity contribution >= 4 is 17.4 Å². The number of ether oxygens (including phenoxy) is 1. The minimum atomic E-state index is -0.257. The molecule has 0 amide bonds. The lowest BCUT2D eigenvalue weighted by Crippen LogP contribution is -2.11. The van der Waals surface area contributed by atoms with E-state index in [0.29, 0.717) is 36.7 Å². The first-order valence-electron chi connectivity index (χ1n) is 13.2. The molecule has 7 nitrogen and oxygen atoms in total. The number of ketones is 1. The molecule has 3 aromatic rings. The Labute approximate surface area is 220 Å². The molecular weight excluding hydrogens is 466 g/mol. The van der Waals surface area contributed by atoms with Crippen LogP contribution in [0.15, 0.2) is 53.1 Å². The molecule has 1 aromatic heterocycles. The lowest BCUT2D eigenvalue weighted by Gasteiger charge is -2.21. The van der Waals surface area contributed by atoms with Crippen molar-refractivity contribution in [1.29, 1.82) is 0 Å². The second-order valence-corrected chi connectivity index (χ2v) is 10.3. The van der Waals surface area contributed by atoms with E-state index in [1.807, 2.05) is 57.2 Å². The molecule has 0 aliphatic carbocycles. The fourth-order valence-corrected chi connectivity index (χ4v) is 3.96. The topological polar surface area (TPSA) is 94.3 Å². The lowest BCUT2D eigenvalue weighted by atomic mass is 9.97. The van der Waals surface area contributed by atoms with Crippen LogP contribution in [0.25, 0.3) is 11.4 Å². The van der Waals surface area contributed by atoms with E-state index in [1.54, 1.807) is 6.92 Å². The minimum Gasteiger partial charge on any atom is -0.466 e. The predicted molar refractivity (Wildman–Crippen MR) is 146 cm³/mol. The van der Waals surface area contributed by atoms with Gasteiger partial charge in [0.1, 0.15) is 0 Å². The highest BCUT2D eigenvalue weighted by molar-refractivity contribution is 5.96. The van der Waals surface area contributed by atoms with E-state index in [2.05, 4.69) is 34.5 Å². The van der Waals surface area contributed by atoms with Crippen molar-refractivity contribution in [2.24, 2.45) is 0 Å². The third-order valence-electron chi connectivity index (χ3n) is 6.12. The van der Waals surface area contributed by atoms with Gasteiger partial charge in [0.05, 0.1) is 12.6 Å². The Hall–Kier alpha value is -3.48. The number of carbonyl (C=O) groups excluding carboxylic acids is 2. The number of esters is 1. The number of benzene rings is 2. The van der Waals surface area contributed by atoms with Crippen LogP contribution in [0.4, 0.5) is 5.69 Å². The molecule has 37 heavy (non-hydrogen) atoms. The van der Waals surface area contributed by atoms with Crippen LogP contribution >= 0.6 is 0 Å². The summed E-state index contributed by atoms with van der Waals surface area (Å²) in [6.45, 7) is 10.5. The van der Waals surface area contributed by atoms with Crippen LogP contribution in [-0.4, -0.2) is 28.5 Å². The van der Waals surface area contributed by atoms with E-state index in [1.165, 1.54) is 5.56 Å². The normalized spacial score (nSPS) is 12.2. The Morgan fingerprint density at radius 2 is 1.68 bits per heavy atom. The summed E-state index contributed by atoms with van der Waals surface area (Å²) in [7, 11) is 0. The van der Waals surface area contributed by atoms with Gasteiger partial charge >= 0.3 is 5.97 Å². The fourth-order valence-electron chi connectivity index (χ4n) is 3.96. The van der Waals surface area contributed by atoms with Gasteiger partial charge in [-0.3, -0.25) is 9.59 Å². The van der Waals surface area contributed by atoms with Gasteiger partial charge in [0.2, 0.25) is 11.7 Å². The van der Waals surface area contributed by atoms with Crippen molar-refractivity contribution < 1.29 is 18.8 Å². The van der Waals surface area contributed by atoms with Crippen LogP contribution in [0, 0.1) is 0 Å². The monoisotopic (exact) mass is 505 g/mol. The largest absolute Gasteiger partial charge is 0.466 e. The molecule has 2 aromatic carbocycles. The van der Waals surface area contributed by atoms with E-state index in [-0.39, 0.29) is 29.6 Å². The number of carbonyl (C=O) groups is 2. The summed E-state index contributed by atoms with van der Waals surface area (Å²) in [5, 5.41) is 7.78. The van der Waals surface area contributed by atoms with Gasteiger partial charge in [-0.2, -0.15) is 4.98 Å². The maximum atomic E-state index is 12.5. The molecule has 7 heteroatoms. The first-order chi connectivity index (χ1) is 17.7. The number of nitrogens with one attached hydrogen (secondary N) is 1. The van der Waals surface area contributed by atoms with Crippen molar-refractivity contribution in [2.45, 2.75) is 84.6 Å². The molecule has 198 valence electrons. The molecule has 1 unspecified atom stereocenters. The highest BCUT2D eigenvalue weighted by Crippen LogP contribution is 2.28. The van der Waals surface area contributed by atoms with Crippen LogP contribution in [0.3, 0.4) is 0 Å². The maximum Gasteiger partial charge on any atom is 0.305 e. The molecule has 3 rings (SSSR count). The summed E-state index contributed by atoms with van der Waals surface area (Å²) in [6.07, 6.45) is 4.27. The number of anilines is 1. The van der Waals surface area contributed by atoms with Crippen molar-refractivity contribution in [3.8, 4) is 11.4 Å². The van der Waals surface area contributed by atoms with Gasteiger partial charge < -0.3 is 14.6 Å². The van der Waals surface area contributed by atoms with E-state index < -0.39 is 0 Å². The van der Waals surface area contributed by atoms with Gasteiger partial charge in [-0.05, 0) is 49.6 Å². The van der Waals surface area contributed by atoms with Gasteiger partial charge in [-0.25, -0.2) is 0 Å². The second kappa shape index (κ2) is 13.2. The van der Waals surface area contributed by atoms with E-state index in [0.717, 1.165) is 30.5 Å². The highest BCUT2D eigenvalue weighted by atomic mass is 16.5. The molecule has 1 N–H and O–H groups in total. The molecule has 0 spiro atoms. The molecule has 1 heterocycles. The maximum absolute atomic E-state index is 12.5. The zero-order chi connectivity index (χ0) is 26.8. The molecule has 0 aliphatic rings. The summed E-state index contributed by atoms with van der Waals surface area (Å²) in [5.41, 5.74) is 3.52. The summed E-state index contributed by atoms with van der Waals surface area (Å²) >= 11 is 0. The number of hydrogen-bond donors (Lipinski definition) is 1. The van der Waals surface area contributed by atoms with Gasteiger partial charge in [-0.1, -0.05) is 70.0 Å². The number of aromatic nitrogens is 2. The fraction of sp³-hybridized carbons (Fsp3) is 0.467. The SMILES string of the molecule is CCCCC(Nc1ccc(C(=O)CCCC(=O)OCC)cc1)c1ccc(-c2noc(C(C)(C)C)n2)cc1. The summed E-state index contributed by atoms with van der Waals surface area (Å²) in [6, 6.07) is 16.0. The number of unbranched alkanes of at least 4 members (excludes halogenated alkanes) is 1. The van der Waals surface area contributed by atoms with Crippen LogP contribution in [-0.2, 0) is 14.9 Å². The molecule has 0 radical (unpaired) electrons. The lowest BCUT2D eigenvalue weighted by molar-refractivity contribution is -0.143. The third-order valence-corrected chi connectivity index (χ3v) is 6.12. The van der Waals surface area contributed by atoms with E-state index in [4.69, 9.17) is 9.26 Å². The second-order valence-electron chi connectivity index (χ2n) is 10.3. The van der Waals surface area contributed by atoms with Crippen LogP contribution < -0.4 is 5.32 Å². The number of Topliss-reactive ketones (excluding diaryl/α,β-unsaturated/α-hetero) is 1. The number of rotatable bonds is 13. The Morgan fingerprint density at radius 1 is 0.973 bits per heavy atom. The molecule has 0 aliphatic heterocycles. The van der Waals surface area contributed by atoms with Gasteiger partial charge in [-0.15, -0.1) is 0 Å². The first kappa shape index (κ1) is 28.1. The molecule has 0 bridgehead atoms. The summed E-state index contributed by atoms with van der Waals surface area (Å²) in [5.74, 6) is 0.991.